The number of rotatable bonds is 20. The van der Waals surface area contributed by atoms with Gasteiger partial charge in [-0.05, 0) is 97.5 Å². The zero-order valence-electron chi connectivity index (χ0n) is 33.5. The summed E-state index contributed by atoms with van der Waals surface area (Å²) in [6.45, 7) is 7.78. The van der Waals surface area contributed by atoms with Crippen LogP contribution in [0.25, 0.3) is 0 Å². The Kier molecular flexibility index (Phi) is 14.5. The number of oxime groups is 1. The van der Waals surface area contributed by atoms with E-state index in [1.54, 1.807) is 36.4 Å². The number of aliphatic hydroxyl groups is 2. The van der Waals surface area contributed by atoms with E-state index in [0.717, 1.165) is 42.4 Å². The topological polar surface area (TPSA) is 167 Å². The van der Waals surface area contributed by atoms with Gasteiger partial charge < -0.3 is 34.9 Å². The Bertz CT molecular complexity index is 2040. The predicted octanol–water partition coefficient (Wildman–Crippen LogP) is 7.29. The summed E-state index contributed by atoms with van der Waals surface area (Å²) in [5.41, 5.74) is 3.61. The van der Waals surface area contributed by atoms with E-state index in [0.29, 0.717) is 36.4 Å². The highest BCUT2D eigenvalue weighted by atomic mass is 32.2. The van der Waals surface area contributed by atoms with Crippen molar-refractivity contribution in [1.29, 1.82) is 0 Å². The highest BCUT2D eigenvalue weighted by molar-refractivity contribution is 7.89. The number of anilines is 1. The smallest absolute Gasteiger partial charge is 0.243 e. The van der Waals surface area contributed by atoms with Gasteiger partial charge in [-0.1, -0.05) is 67.4 Å². The maximum Gasteiger partial charge on any atom is 0.243 e. The summed E-state index contributed by atoms with van der Waals surface area (Å²) in [6.07, 6.45) is 8.74. The number of benzene rings is 3. The fourth-order valence-corrected chi connectivity index (χ4v) is 10.8. The van der Waals surface area contributed by atoms with E-state index in [1.807, 2.05) is 37.3 Å². The van der Waals surface area contributed by atoms with Crippen molar-refractivity contribution >= 4 is 27.3 Å². The quantitative estimate of drug-likeness (QED) is 0.0521. The van der Waals surface area contributed by atoms with Crippen molar-refractivity contribution in [2.24, 2.45) is 22.9 Å². The first kappa shape index (κ1) is 43.1. The number of allylic oxidation sites excluding steroid dienone is 1. The van der Waals surface area contributed by atoms with Crippen LogP contribution in [0.15, 0.2) is 107 Å². The second-order valence-electron chi connectivity index (χ2n) is 15.4. The van der Waals surface area contributed by atoms with Gasteiger partial charge in [0, 0.05) is 50.3 Å². The molecule has 0 radical (unpaired) electrons. The molecule has 2 aliphatic carbocycles. The molecule has 1 fully saturated rings. The Balaban J connectivity index is 1.58. The largest absolute Gasteiger partial charge is 0.508 e. The Morgan fingerprint density at radius 3 is 2.43 bits per heavy atom. The van der Waals surface area contributed by atoms with Crippen LogP contribution in [-0.2, 0) is 31.0 Å². The van der Waals surface area contributed by atoms with E-state index >= 15 is 8.42 Å². The molecule has 6 rings (SSSR count). The Morgan fingerprint density at radius 2 is 1.76 bits per heavy atom. The van der Waals surface area contributed by atoms with Crippen LogP contribution in [0.4, 0.5) is 5.69 Å². The number of sulfonamides is 1. The third-order valence-electron chi connectivity index (χ3n) is 11.5. The van der Waals surface area contributed by atoms with Crippen LogP contribution in [-0.4, -0.2) is 77.9 Å². The summed E-state index contributed by atoms with van der Waals surface area (Å²) in [5.74, 6) is -2.24. The molecule has 0 spiro atoms. The summed E-state index contributed by atoms with van der Waals surface area (Å²) in [7, 11) is -4.25. The number of hydrogen-bond acceptors (Lipinski definition) is 10. The van der Waals surface area contributed by atoms with Gasteiger partial charge in [0.2, 0.25) is 21.7 Å². The lowest BCUT2D eigenvalue weighted by Gasteiger charge is -2.59. The van der Waals surface area contributed by atoms with Crippen LogP contribution in [0.2, 0.25) is 0 Å². The molecule has 6 atom stereocenters. The minimum atomic E-state index is -4.25. The lowest BCUT2D eigenvalue weighted by Crippen LogP contribution is -2.70. The lowest BCUT2D eigenvalue weighted by atomic mass is 9.55. The predicted molar refractivity (Wildman–Crippen MR) is 223 cm³/mol. The van der Waals surface area contributed by atoms with Gasteiger partial charge in [0.25, 0.3) is 0 Å². The zero-order valence-corrected chi connectivity index (χ0v) is 34.3. The first-order valence-electron chi connectivity index (χ1n) is 20.4. The van der Waals surface area contributed by atoms with E-state index in [9.17, 15) is 20.1 Å². The molecule has 3 aromatic carbocycles. The molecule has 1 heterocycles. The molecule has 3 aliphatic rings. The molecule has 58 heavy (non-hydrogen) atoms. The first-order chi connectivity index (χ1) is 28.1. The van der Waals surface area contributed by atoms with E-state index in [4.69, 9.17) is 19.5 Å². The van der Waals surface area contributed by atoms with Gasteiger partial charge in [0.05, 0.1) is 29.2 Å². The van der Waals surface area contributed by atoms with Crippen molar-refractivity contribution in [1.82, 2.24) is 4.31 Å². The van der Waals surface area contributed by atoms with E-state index in [-0.39, 0.29) is 73.7 Å². The van der Waals surface area contributed by atoms with Crippen LogP contribution in [0.1, 0.15) is 82.3 Å². The fraction of sp³-hybridized carbons (Fsp3) is 0.467. The fourth-order valence-electron chi connectivity index (χ4n) is 9.10. The number of fused-ring (bicyclic) bond motifs is 2. The second-order valence-corrected chi connectivity index (χ2v) is 17.3. The number of nitrogens with zero attached hydrogens (tertiary/aromatic N) is 2. The minimum absolute atomic E-state index is 0.0142. The number of phenolic OH excluding ortho intramolecular Hbond substituents is 1. The number of aliphatic hydroxyl groups excluding tert-OH is 2. The number of unbranched alkanes of at least 4 members (excludes halogenated alkanes) is 2. The monoisotopic (exact) mass is 815 g/mol. The molecule has 0 bridgehead atoms. The van der Waals surface area contributed by atoms with Gasteiger partial charge in [-0.2, -0.15) is 4.31 Å². The summed E-state index contributed by atoms with van der Waals surface area (Å²) >= 11 is 0. The molecule has 12 nitrogen and oxygen atoms in total. The highest BCUT2D eigenvalue weighted by Gasteiger charge is 2.66. The molecular weight excluding hydrogens is 759 g/mol. The van der Waals surface area contributed by atoms with E-state index < -0.39 is 27.8 Å². The molecule has 0 aromatic heterocycles. The SMILES string of the molecule is C=CCO[C@@]12Oc3ccc(O)cc3[C@H]3[C@H](CCCCO)[C@@H](CCCCO)C=C(C(=NOCc4ccccc4)C[C@@H]1N(CCC)S(=O)(=O)c1ccc(NC(C)=O)cc1)[C@H]32. The van der Waals surface area contributed by atoms with Crippen LogP contribution in [0.3, 0.4) is 0 Å². The van der Waals surface area contributed by atoms with Crippen LogP contribution >= 0.6 is 0 Å². The number of nitrogens with one attached hydrogen (secondary N) is 1. The highest BCUT2D eigenvalue weighted by Crippen LogP contribution is 2.62. The van der Waals surface area contributed by atoms with Crippen molar-refractivity contribution < 1.29 is 42.8 Å². The standard InChI is InChI=1S/C45H57N3O9S/c1-4-23-48(58(53,54)36-20-17-34(18-21-36)46-31(3)51)42-29-40(47-56-30-32-13-7-6-8-14-32)38-27-33(15-9-11-24-49)37(16-10-12-25-50)43-39-28-35(52)19-22-41(39)57-45(42,44(38)43)55-26-5-2/h5-8,13-14,17-22,27-28,33,37,42-44,49-50,52H,2,4,9-12,15-16,23-26,29-30H2,1,3H3,(H,46,51)/t33-,37+,42-,43+,44+,45+/m0/s1. The Morgan fingerprint density at radius 1 is 1.03 bits per heavy atom. The summed E-state index contributed by atoms with van der Waals surface area (Å²) in [6, 6.07) is 19.9. The average molecular weight is 816 g/mol. The van der Waals surface area contributed by atoms with Crippen LogP contribution < -0.4 is 10.1 Å². The molecule has 1 aliphatic heterocycles. The molecule has 4 N–H and O–H groups in total. The van der Waals surface area contributed by atoms with Crippen LogP contribution in [0, 0.1) is 17.8 Å². The third kappa shape index (κ3) is 9.19. The molecule has 0 saturated heterocycles. The number of aromatic hydroxyl groups is 1. The summed E-state index contributed by atoms with van der Waals surface area (Å²) < 4.78 is 45.7. The number of phenols is 1. The van der Waals surface area contributed by atoms with Gasteiger partial charge in [-0.3, -0.25) is 4.79 Å². The average Bonchev–Trinajstić information content (AvgIpc) is 3.21. The normalized spacial score (nSPS) is 24.3. The van der Waals surface area contributed by atoms with Crippen molar-refractivity contribution in [2.75, 3.05) is 31.7 Å². The molecule has 3 aromatic rings. The number of carbonyl (C=O) groups excluding carboxylic acids is 1. The van der Waals surface area contributed by atoms with Crippen molar-refractivity contribution in [3.8, 4) is 11.5 Å². The molecule has 13 heteroatoms. The number of hydrogen-bond donors (Lipinski definition) is 4. The van der Waals surface area contributed by atoms with E-state index in [2.05, 4.69) is 18.0 Å². The Labute approximate surface area is 342 Å². The third-order valence-corrected chi connectivity index (χ3v) is 13.4. The van der Waals surface area contributed by atoms with Crippen molar-refractivity contribution in [2.45, 2.75) is 94.5 Å². The van der Waals surface area contributed by atoms with Gasteiger partial charge >= 0.3 is 0 Å². The first-order valence-corrected chi connectivity index (χ1v) is 21.8. The number of amides is 1. The zero-order chi connectivity index (χ0) is 41.3. The second kappa shape index (κ2) is 19.5. The van der Waals surface area contributed by atoms with Gasteiger partial charge in [0.1, 0.15) is 18.1 Å². The summed E-state index contributed by atoms with van der Waals surface area (Å²) in [4.78, 5) is 17.9. The molecule has 1 saturated carbocycles. The number of carbonyl (C=O) groups is 1. The van der Waals surface area contributed by atoms with E-state index in [1.165, 1.54) is 23.4 Å². The van der Waals surface area contributed by atoms with Gasteiger partial charge in [-0.15, -0.1) is 6.58 Å². The minimum Gasteiger partial charge on any atom is -0.508 e. The molecule has 0 unspecified atom stereocenters. The molecule has 1 amide bonds. The maximum atomic E-state index is 15.1. The number of ether oxygens (including phenoxy) is 2. The molecule has 312 valence electrons. The van der Waals surface area contributed by atoms with Crippen LogP contribution in [0.5, 0.6) is 11.5 Å². The van der Waals surface area contributed by atoms with Crippen molar-refractivity contribution in [3.63, 3.8) is 0 Å². The van der Waals surface area contributed by atoms with Gasteiger partial charge in [-0.25, -0.2) is 8.42 Å². The lowest BCUT2D eigenvalue weighted by molar-refractivity contribution is -0.251. The molecular formula is C45H57N3O9S. The maximum absolute atomic E-state index is 15.1. The Hall–Kier alpha value is -4.53. The van der Waals surface area contributed by atoms with Crippen molar-refractivity contribution in [3.05, 3.63) is 108 Å². The summed E-state index contributed by atoms with van der Waals surface area (Å²) in [5, 5.41) is 38.2. The van der Waals surface area contributed by atoms with Gasteiger partial charge in [0.15, 0.2) is 0 Å².